The average Bonchev–Trinajstić information content (AvgIpc) is 2.64. The van der Waals surface area contributed by atoms with Gasteiger partial charge in [0, 0.05) is 13.0 Å². The van der Waals surface area contributed by atoms with Crippen molar-refractivity contribution >= 4 is 11.8 Å². The number of nitrogens with one attached hydrogen (secondary N) is 1. The maximum Gasteiger partial charge on any atom is 0.240 e. The van der Waals surface area contributed by atoms with Crippen LogP contribution in [0.3, 0.4) is 0 Å². The lowest BCUT2D eigenvalue weighted by atomic mass is 10.0. The molecule has 4 heteroatoms. The fraction of sp³-hybridized carbons (Fsp3) is 0.529. The number of hydrogen-bond donors (Lipinski definition) is 1. The minimum absolute atomic E-state index is 0.0409. The maximum atomic E-state index is 12.2. The third-order valence-electron chi connectivity index (χ3n) is 4.04. The largest absolute Gasteiger partial charge is 0.348 e. The highest BCUT2D eigenvalue weighted by atomic mass is 16.2. The summed E-state index contributed by atoms with van der Waals surface area (Å²) >= 11 is 0. The Balaban J connectivity index is 1.92. The van der Waals surface area contributed by atoms with E-state index in [1.54, 1.807) is 4.90 Å². The maximum absolute atomic E-state index is 12.2. The predicted octanol–water partition coefficient (Wildman–Crippen LogP) is 2.57. The third-order valence-corrected chi connectivity index (χ3v) is 4.04. The predicted molar refractivity (Wildman–Crippen MR) is 82.8 cm³/mol. The third kappa shape index (κ3) is 4.31. The molecule has 1 atom stereocenters. The monoisotopic (exact) mass is 288 g/mol. The molecule has 1 aromatic carbocycles. The second kappa shape index (κ2) is 7.25. The molecule has 2 rings (SSSR count). The Labute approximate surface area is 126 Å². The summed E-state index contributed by atoms with van der Waals surface area (Å²) in [6.07, 6.45) is 3.58. The van der Waals surface area contributed by atoms with Gasteiger partial charge in [-0.15, -0.1) is 0 Å². The zero-order valence-corrected chi connectivity index (χ0v) is 12.9. The summed E-state index contributed by atoms with van der Waals surface area (Å²) in [6, 6.07) is 7.99. The summed E-state index contributed by atoms with van der Waals surface area (Å²) < 4.78 is 0. The summed E-state index contributed by atoms with van der Waals surface area (Å²) in [4.78, 5) is 25.8. The first-order valence-corrected chi connectivity index (χ1v) is 7.70. The molecule has 0 radical (unpaired) electrons. The number of rotatable bonds is 4. The van der Waals surface area contributed by atoms with Crippen LogP contribution >= 0.6 is 0 Å². The molecule has 0 bridgehead atoms. The molecule has 21 heavy (non-hydrogen) atoms. The number of hydrogen-bond acceptors (Lipinski definition) is 2. The minimum Gasteiger partial charge on any atom is -0.348 e. The number of carbonyl (C=O) groups is 2. The highest BCUT2D eigenvalue weighted by Crippen LogP contribution is 2.17. The van der Waals surface area contributed by atoms with E-state index in [0.29, 0.717) is 13.0 Å². The number of carbonyl (C=O) groups excluding carboxylic acids is 2. The lowest BCUT2D eigenvalue weighted by molar-refractivity contribution is -0.135. The Morgan fingerprint density at radius 2 is 2.05 bits per heavy atom. The number of benzene rings is 1. The van der Waals surface area contributed by atoms with E-state index in [1.807, 2.05) is 38.1 Å². The topological polar surface area (TPSA) is 49.4 Å². The molecule has 1 heterocycles. The molecular formula is C17H24N2O2. The fourth-order valence-corrected chi connectivity index (χ4v) is 2.82. The van der Waals surface area contributed by atoms with Gasteiger partial charge in [0.1, 0.15) is 0 Å². The quantitative estimate of drug-likeness (QED) is 0.925. The van der Waals surface area contributed by atoms with Crippen LogP contribution in [0.25, 0.3) is 0 Å². The van der Waals surface area contributed by atoms with Crippen LogP contribution in [0, 0.1) is 6.92 Å². The molecule has 0 saturated carbocycles. The lowest BCUT2D eigenvalue weighted by Gasteiger charge is -2.22. The fourth-order valence-electron chi connectivity index (χ4n) is 2.82. The van der Waals surface area contributed by atoms with Crippen molar-refractivity contribution < 1.29 is 9.59 Å². The second-order valence-electron chi connectivity index (χ2n) is 5.77. The van der Waals surface area contributed by atoms with E-state index in [9.17, 15) is 9.59 Å². The van der Waals surface area contributed by atoms with E-state index in [-0.39, 0.29) is 24.4 Å². The van der Waals surface area contributed by atoms with Gasteiger partial charge in [0.05, 0.1) is 12.6 Å². The van der Waals surface area contributed by atoms with E-state index in [4.69, 9.17) is 0 Å². The molecule has 0 aromatic heterocycles. The normalized spacial score (nSPS) is 17.2. The van der Waals surface area contributed by atoms with Crippen molar-refractivity contribution in [3.63, 3.8) is 0 Å². The van der Waals surface area contributed by atoms with E-state index < -0.39 is 0 Å². The van der Waals surface area contributed by atoms with Crippen LogP contribution in [0.5, 0.6) is 0 Å². The molecule has 1 fully saturated rings. The summed E-state index contributed by atoms with van der Waals surface area (Å²) in [5, 5.41) is 2.99. The Bertz CT molecular complexity index is 513. The van der Waals surface area contributed by atoms with Gasteiger partial charge in [0.2, 0.25) is 11.8 Å². The molecule has 0 spiro atoms. The SMILES string of the molecule is Cc1ccccc1[C@H](C)NC(=O)CN1CCCCCC1=O. The Morgan fingerprint density at radius 1 is 1.29 bits per heavy atom. The molecule has 0 unspecified atom stereocenters. The van der Waals surface area contributed by atoms with Gasteiger partial charge in [-0.3, -0.25) is 9.59 Å². The van der Waals surface area contributed by atoms with Crippen molar-refractivity contribution in [1.82, 2.24) is 10.2 Å². The van der Waals surface area contributed by atoms with E-state index in [2.05, 4.69) is 5.32 Å². The number of aryl methyl sites for hydroxylation is 1. The van der Waals surface area contributed by atoms with Crippen molar-refractivity contribution in [2.45, 2.75) is 45.6 Å². The second-order valence-corrected chi connectivity index (χ2v) is 5.77. The van der Waals surface area contributed by atoms with Crippen molar-refractivity contribution in [3.8, 4) is 0 Å². The van der Waals surface area contributed by atoms with Gasteiger partial charge in [-0.05, 0) is 37.8 Å². The van der Waals surface area contributed by atoms with Crippen molar-refractivity contribution in [3.05, 3.63) is 35.4 Å². The van der Waals surface area contributed by atoms with Crippen LogP contribution in [-0.4, -0.2) is 29.8 Å². The van der Waals surface area contributed by atoms with E-state index in [0.717, 1.165) is 30.4 Å². The van der Waals surface area contributed by atoms with Crippen LogP contribution in [0.4, 0.5) is 0 Å². The minimum atomic E-state index is -0.0824. The van der Waals surface area contributed by atoms with Crippen molar-refractivity contribution in [2.75, 3.05) is 13.1 Å². The molecule has 114 valence electrons. The van der Waals surface area contributed by atoms with Crippen LogP contribution in [0.1, 0.15) is 49.8 Å². The van der Waals surface area contributed by atoms with Crippen LogP contribution < -0.4 is 5.32 Å². The zero-order valence-electron chi connectivity index (χ0n) is 12.9. The van der Waals surface area contributed by atoms with Gasteiger partial charge in [-0.25, -0.2) is 0 Å². The first-order chi connectivity index (χ1) is 10.1. The first kappa shape index (κ1) is 15.5. The number of nitrogens with zero attached hydrogens (tertiary/aromatic N) is 1. The molecule has 1 N–H and O–H groups in total. The molecule has 1 aliphatic heterocycles. The zero-order chi connectivity index (χ0) is 15.2. The number of likely N-dealkylation sites (tertiary alicyclic amines) is 1. The van der Waals surface area contributed by atoms with Gasteiger partial charge in [-0.2, -0.15) is 0 Å². The smallest absolute Gasteiger partial charge is 0.240 e. The highest BCUT2D eigenvalue weighted by molar-refractivity contribution is 5.85. The van der Waals surface area contributed by atoms with E-state index in [1.165, 1.54) is 0 Å². The first-order valence-electron chi connectivity index (χ1n) is 7.70. The Hall–Kier alpha value is -1.84. The Morgan fingerprint density at radius 3 is 2.81 bits per heavy atom. The summed E-state index contributed by atoms with van der Waals surface area (Å²) in [5.41, 5.74) is 2.28. The molecule has 4 nitrogen and oxygen atoms in total. The molecule has 0 aliphatic carbocycles. The molecule has 2 amide bonds. The summed E-state index contributed by atoms with van der Waals surface area (Å²) in [7, 11) is 0. The number of amides is 2. The highest BCUT2D eigenvalue weighted by Gasteiger charge is 2.20. The van der Waals surface area contributed by atoms with Crippen LogP contribution in [0.15, 0.2) is 24.3 Å². The average molecular weight is 288 g/mol. The van der Waals surface area contributed by atoms with Gasteiger partial charge in [0.15, 0.2) is 0 Å². The van der Waals surface area contributed by atoms with Gasteiger partial charge < -0.3 is 10.2 Å². The van der Waals surface area contributed by atoms with Gasteiger partial charge >= 0.3 is 0 Å². The van der Waals surface area contributed by atoms with Gasteiger partial charge in [-0.1, -0.05) is 30.7 Å². The molecule has 1 saturated heterocycles. The van der Waals surface area contributed by atoms with Crippen molar-refractivity contribution in [2.24, 2.45) is 0 Å². The molecular weight excluding hydrogens is 264 g/mol. The summed E-state index contributed by atoms with van der Waals surface area (Å²) in [6.45, 7) is 4.89. The van der Waals surface area contributed by atoms with Crippen LogP contribution in [-0.2, 0) is 9.59 Å². The van der Waals surface area contributed by atoms with Crippen molar-refractivity contribution in [1.29, 1.82) is 0 Å². The van der Waals surface area contributed by atoms with Gasteiger partial charge in [0.25, 0.3) is 0 Å². The molecule has 1 aliphatic rings. The standard InChI is InChI=1S/C17H24N2O2/c1-13-8-5-6-9-15(13)14(2)18-16(20)12-19-11-7-3-4-10-17(19)21/h5-6,8-9,14H,3-4,7,10-12H2,1-2H3,(H,18,20)/t14-/m0/s1. The summed E-state index contributed by atoms with van der Waals surface area (Å²) in [5.74, 6) is 0.0206. The molecule has 1 aromatic rings. The van der Waals surface area contributed by atoms with E-state index >= 15 is 0 Å². The lowest BCUT2D eigenvalue weighted by Crippen LogP contribution is -2.41. The van der Waals surface area contributed by atoms with Crippen LogP contribution in [0.2, 0.25) is 0 Å². The Kier molecular flexibility index (Phi) is 5.37.